The predicted octanol–water partition coefficient (Wildman–Crippen LogP) is 2.15. The number of aromatic hydroxyl groups is 1. The predicted molar refractivity (Wildman–Crippen MR) is 85.0 cm³/mol. The fourth-order valence-electron chi connectivity index (χ4n) is 4.16. The van der Waals surface area contributed by atoms with Crippen LogP contribution < -0.4 is 0 Å². The third-order valence-electron chi connectivity index (χ3n) is 5.49. The Morgan fingerprint density at radius 1 is 1.21 bits per heavy atom. The molecule has 1 N–H and O–H groups in total. The number of amides is 2. The van der Waals surface area contributed by atoms with Gasteiger partial charge in [0.2, 0.25) is 5.91 Å². The molecule has 128 valence electrons. The Labute approximate surface area is 140 Å². The summed E-state index contributed by atoms with van der Waals surface area (Å²) in [7, 11) is 0. The highest BCUT2D eigenvalue weighted by Gasteiger charge is 2.45. The second-order valence-corrected chi connectivity index (χ2v) is 7.10. The van der Waals surface area contributed by atoms with Crippen LogP contribution in [0.4, 0.5) is 4.39 Å². The first-order valence-electron chi connectivity index (χ1n) is 8.63. The fourth-order valence-corrected chi connectivity index (χ4v) is 4.16. The van der Waals surface area contributed by atoms with Crippen molar-refractivity contribution in [1.29, 1.82) is 0 Å². The average molecular weight is 332 g/mol. The van der Waals surface area contributed by atoms with Crippen molar-refractivity contribution in [1.82, 2.24) is 9.80 Å². The molecule has 0 radical (unpaired) electrons. The summed E-state index contributed by atoms with van der Waals surface area (Å²) in [6, 6.07) is 4.14. The molecule has 6 heteroatoms. The van der Waals surface area contributed by atoms with E-state index in [4.69, 9.17) is 0 Å². The molecule has 2 amide bonds. The van der Waals surface area contributed by atoms with Crippen LogP contribution in [0, 0.1) is 11.7 Å². The molecule has 2 atom stereocenters. The van der Waals surface area contributed by atoms with Gasteiger partial charge in [0.25, 0.3) is 5.91 Å². The van der Waals surface area contributed by atoms with Crippen molar-refractivity contribution in [3.05, 3.63) is 29.6 Å². The van der Waals surface area contributed by atoms with Crippen molar-refractivity contribution >= 4 is 11.8 Å². The maximum atomic E-state index is 13.1. The summed E-state index contributed by atoms with van der Waals surface area (Å²) in [6.45, 7) is 1.16. The molecule has 3 fully saturated rings. The van der Waals surface area contributed by atoms with Gasteiger partial charge in [-0.15, -0.1) is 0 Å². The highest BCUT2D eigenvalue weighted by atomic mass is 19.1. The van der Waals surface area contributed by atoms with Crippen molar-refractivity contribution in [2.24, 2.45) is 5.92 Å². The molecule has 2 heterocycles. The van der Waals surface area contributed by atoms with Crippen LogP contribution in [0.25, 0.3) is 0 Å². The molecule has 24 heavy (non-hydrogen) atoms. The van der Waals surface area contributed by atoms with Gasteiger partial charge in [-0.2, -0.15) is 0 Å². The highest BCUT2D eigenvalue weighted by Crippen LogP contribution is 2.39. The number of halogens is 1. The number of likely N-dealkylation sites (tertiary alicyclic amines) is 2. The van der Waals surface area contributed by atoms with Gasteiger partial charge in [0.15, 0.2) is 0 Å². The Balaban J connectivity index is 1.50. The molecular weight excluding hydrogens is 311 g/mol. The Morgan fingerprint density at radius 3 is 2.71 bits per heavy atom. The van der Waals surface area contributed by atoms with E-state index >= 15 is 0 Å². The summed E-state index contributed by atoms with van der Waals surface area (Å²) >= 11 is 0. The summed E-state index contributed by atoms with van der Waals surface area (Å²) in [5, 5.41) is 9.84. The summed E-state index contributed by atoms with van der Waals surface area (Å²) in [5.74, 6) is -0.590. The number of fused-ring (bicyclic) bond motifs is 1. The minimum atomic E-state index is -0.561. The largest absolute Gasteiger partial charge is 0.507 e. The van der Waals surface area contributed by atoms with Gasteiger partial charge >= 0.3 is 0 Å². The number of phenolic OH excluding ortho intramolecular Hbond substituents is 1. The summed E-state index contributed by atoms with van der Waals surface area (Å²) in [5.41, 5.74) is 0.140. The molecule has 1 saturated carbocycles. The number of phenols is 1. The summed E-state index contributed by atoms with van der Waals surface area (Å²) < 4.78 is 13.1. The Bertz CT molecular complexity index is 689. The molecule has 0 bridgehead atoms. The maximum absolute atomic E-state index is 13.1. The smallest absolute Gasteiger partial charge is 0.257 e. The number of nitrogens with zero attached hydrogens (tertiary/aromatic N) is 2. The van der Waals surface area contributed by atoms with Crippen molar-refractivity contribution in [2.45, 2.75) is 44.2 Å². The molecule has 1 aromatic rings. The average Bonchev–Trinajstić information content (AvgIpc) is 3.38. The van der Waals surface area contributed by atoms with Crippen LogP contribution in [-0.2, 0) is 4.79 Å². The van der Waals surface area contributed by atoms with Gasteiger partial charge in [-0.05, 0) is 43.7 Å². The van der Waals surface area contributed by atoms with Crippen LogP contribution in [0.15, 0.2) is 18.2 Å². The van der Waals surface area contributed by atoms with E-state index in [0.29, 0.717) is 31.5 Å². The number of carbonyl (C=O) groups is 2. The number of hydrogen-bond donors (Lipinski definition) is 1. The van der Waals surface area contributed by atoms with E-state index < -0.39 is 5.82 Å². The molecule has 2 aliphatic heterocycles. The lowest BCUT2D eigenvalue weighted by Crippen LogP contribution is -2.57. The number of piperidine rings is 2. The molecule has 5 nitrogen and oxygen atoms in total. The standard InChI is InChI=1S/C18H21FN2O3/c19-12-2-5-14(16(22)9-12)18(24)20-8-7-15-11(10-20)1-6-17(23)21(15)13-3-4-13/h2,5,9,11,13,15,22H,1,3-4,6-8,10H2/t11-,15+/m1/s1. The molecule has 2 saturated heterocycles. The van der Waals surface area contributed by atoms with Gasteiger partial charge in [0, 0.05) is 37.7 Å². The van der Waals surface area contributed by atoms with Gasteiger partial charge in [-0.25, -0.2) is 4.39 Å². The molecular formula is C18H21FN2O3. The molecule has 4 rings (SSSR count). The van der Waals surface area contributed by atoms with Crippen LogP contribution in [0.1, 0.15) is 42.5 Å². The first-order chi connectivity index (χ1) is 11.5. The SMILES string of the molecule is O=C(c1ccc(F)cc1O)N1CC[C@H]2[C@H](CCC(=O)N2C2CC2)C1. The van der Waals surface area contributed by atoms with Gasteiger partial charge in [-0.1, -0.05) is 0 Å². The minimum Gasteiger partial charge on any atom is -0.507 e. The van der Waals surface area contributed by atoms with Gasteiger partial charge in [-0.3, -0.25) is 9.59 Å². The second kappa shape index (κ2) is 5.76. The number of hydrogen-bond acceptors (Lipinski definition) is 3. The van der Waals surface area contributed by atoms with Gasteiger partial charge in [0.05, 0.1) is 5.56 Å². The summed E-state index contributed by atoms with van der Waals surface area (Å²) in [6.07, 6.45) is 4.34. The van der Waals surface area contributed by atoms with Crippen LogP contribution in [0.3, 0.4) is 0 Å². The van der Waals surface area contributed by atoms with E-state index in [2.05, 4.69) is 4.90 Å². The van der Waals surface area contributed by atoms with E-state index in [0.717, 1.165) is 31.7 Å². The second-order valence-electron chi connectivity index (χ2n) is 7.10. The van der Waals surface area contributed by atoms with Crippen molar-refractivity contribution in [2.75, 3.05) is 13.1 Å². The lowest BCUT2D eigenvalue weighted by atomic mass is 9.83. The van der Waals surface area contributed by atoms with E-state index in [-0.39, 0.29) is 29.2 Å². The molecule has 0 unspecified atom stereocenters. The molecule has 1 aromatic carbocycles. The highest BCUT2D eigenvalue weighted by molar-refractivity contribution is 5.97. The van der Waals surface area contributed by atoms with Gasteiger partial charge < -0.3 is 14.9 Å². The number of rotatable bonds is 2. The number of carbonyl (C=O) groups excluding carboxylic acids is 2. The van der Waals surface area contributed by atoms with E-state index in [9.17, 15) is 19.1 Å². The first kappa shape index (κ1) is 15.4. The minimum absolute atomic E-state index is 0.140. The van der Waals surface area contributed by atoms with E-state index in [1.54, 1.807) is 4.90 Å². The zero-order valence-electron chi connectivity index (χ0n) is 13.4. The molecule has 1 aliphatic carbocycles. The Hall–Kier alpha value is -2.11. The molecule has 0 aromatic heterocycles. The van der Waals surface area contributed by atoms with Crippen LogP contribution in [0.2, 0.25) is 0 Å². The number of benzene rings is 1. The lowest BCUT2D eigenvalue weighted by Gasteiger charge is -2.47. The van der Waals surface area contributed by atoms with Crippen LogP contribution >= 0.6 is 0 Å². The fraction of sp³-hybridized carbons (Fsp3) is 0.556. The van der Waals surface area contributed by atoms with E-state index in [1.807, 2.05) is 0 Å². The van der Waals surface area contributed by atoms with Crippen LogP contribution in [0.5, 0.6) is 5.75 Å². The topological polar surface area (TPSA) is 60.9 Å². The monoisotopic (exact) mass is 332 g/mol. The van der Waals surface area contributed by atoms with Crippen molar-refractivity contribution < 1.29 is 19.1 Å². The first-order valence-corrected chi connectivity index (χ1v) is 8.63. The van der Waals surface area contributed by atoms with Crippen molar-refractivity contribution in [3.63, 3.8) is 0 Å². The quantitative estimate of drug-likeness (QED) is 0.903. The molecule has 3 aliphatic rings. The zero-order chi connectivity index (χ0) is 16.8. The van der Waals surface area contributed by atoms with E-state index in [1.165, 1.54) is 12.1 Å². The third-order valence-corrected chi connectivity index (χ3v) is 5.49. The third kappa shape index (κ3) is 2.64. The summed E-state index contributed by atoms with van der Waals surface area (Å²) in [4.78, 5) is 28.7. The maximum Gasteiger partial charge on any atom is 0.257 e. The molecule has 0 spiro atoms. The van der Waals surface area contributed by atoms with Gasteiger partial charge in [0.1, 0.15) is 11.6 Å². The van der Waals surface area contributed by atoms with Crippen molar-refractivity contribution in [3.8, 4) is 5.75 Å². The normalized spacial score (nSPS) is 27.1. The zero-order valence-corrected chi connectivity index (χ0v) is 13.4. The van der Waals surface area contributed by atoms with Crippen LogP contribution in [-0.4, -0.2) is 51.9 Å². The Kier molecular flexibility index (Phi) is 3.70. The Morgan fingerprint density at radius 2 is 2.00 bits per heavy atom. The lowest BCUT2D eigenvalue weighted by molar-refractivity contribution is -0.141.